The van der Waals surface area contributed by atoms with Crippen LogP contribution in [0, 0.1) is 0 Å². The molecule has 31 heavy (non-hydrogen) atoms. The average molecular weight is 427 g/mol. The Balaban J connectivity index is 1.53. The van der Waals surface area contributed by atoms with Crippen LogP contribution in [0.3, 0.4) is 0 Å². The second kappa shape index (κ2) is 10.3. The van der Waals surface area contributed by atoms with Gasteiger partial charge in [0.2, 0.25) is 0 Å². The number of aromatic nitrogens is 2. The summed E-state index contributed by atoms with van der Waals surface area (Å²) in [6.45, 7) is 4.09. The van der Waals surface area contributed by atoms with Crippen molar-refractivity contribution < 1.29 is 14.3 Å². The Kier molecular flexibility index (Phi) is 7.25. The van der Waals surface area contributed by atoms with Crippen LogP contribution in [0.5, 0.6) is 5.75 Å². The lowest BCUT2D eigenvalue weighted by Crippen LogP contribution is -2.51. The molecule has 1 aromatic heterocycles. The van der Waals surface area contributed by atoms with E-state index in [0.717, 1.165) is 64.0 Å². The van der Waals surface area contributed by atoms with E-state index in [1.165, 1.54) is 5.56 Å². The predicted molar refractivity (Wildman–Crippen MR) is 119 cm³/mol. The molecule has 7 nitrogen and oxygen atoms in total. The second-order valence-corrected chi connectivity index (χ2v) is 8.65. The molecule has 0 spiro atoms. The number of carbonyl (C=O) groups excluding carboxylic acids is 1. The summed E-state index contributed by atoms with van der Waals surface area (Å²) >= 11 is 0. The van der Waals surface area contributed by atoms with Gasteiger partial charge < -0.3 is 14.4 Å². The van der Waals surface area contributed by atoms with Crippen molar-refractivity contribution in [3.05, 3.63) is 47.8 Å². The lowest BCUT2D eigenvalue weighted by atomic mass is 9.93. The fourth-order valence-electron chi connectivity index (χ4n) is 4.84. The molecule has 1 amide bonds. The van der Waals surface area contributed by atoms with Crippen LogP contribution in [0.25, 0.3) is 0 Å². The Bertz CT molecular complexity index is 868. The van der Waals surface area contributed by atoms with Crippen molar-refractivity contribution in [2.24, 2.45) is 7.05 Å². The fraction of sp³-hybridized carbons (Fsp3) is 0.583. The van der Waals surface area contributed by atoms with E-state index in [9.17, 15) is 4.79 Å². The van der Waals surface area contributed by atoms with E-state index in [-0.39, 0.29) is 18.1 Å². The number of fused-ring (bicyclic) bond motifs is 3. The Morgan fingerprint density at radius 3 is 2.87 bits per heavy atom. The minimum atomic E-state index is 0.0902. The van der Waals surface area contributed by atoms with Gasteiger partial charge in [-0.25, -0.2) is 0 Å². The van der Waals surface area contributed by atoms with Crippen molar-refractivity contribution in [2.75, 3.05) is 33.4 Å². The highest BCUT2D eigenvalue weighted by atomic mass is 16.5. The van der Waals surface area contributed by atoms with Crippen LogP contribution in [-0.4, -0.2) is 71.0 Å². The third-order valence-corrected chi connectivity index (χ3v) is 6.43. The number of aryl methyl sites for hydroxylation is 1. The van der Waals surface area contributed by atoms with Crippen molar-refractivity contribution in [1.29, 1.82) is 0 Å². The molecule has 2 atom stereocenters. The van der Waals surface area contributed by atoms with Gasteiger partial charge in [0.15, 0.2) is 0 Å². The van der Waals surface area contributed by atoms with Crippen LogP contribution >= 0.6 is 0 Å². The SMILES string of the molecule is CO[C@H]1CCCN2C(=O)c3cccc(c3)OCCN(Cc3cnn(C)c3)CCCC[C@@H]12. The molecule has 7 heteroatoms. The van der Waals surface area contributed by atoms with Crippen LogP contribution in [0.4, 0.5) is 0 Å². The third kappa shape index (κ3) is 5.46. The number of methoxy groups -OCH3 is 1. The molecule has 2 aromatic rings. The largest absolute Gasteiger partial charge is 0.492 e. The van der Waals surface area contributed by atoms with Crippen LogP contribution < -0.4 is 4.74 Å². The number of hydrogen-bond acceptors (Lipinski definition) is 5. The molecule has 0 aliphatic carbocycles. The molecule has 2 aliphatic heterocycles. The minimum Gasteiger partial charge on any atom is -0.492 e. The molecule has 2 bridgehead atoms. The summed E-state index contributed by atoms with van der Waals surface area (Å²) in [7, 11) is 3.72. The lowest BCUT2D eigenvalue weighted by Gasteiger charge is -2.41. The lowest BCUT2D eigenvalue weighted by molar-refractivity contribution is -0.0156. The zero-order valence-corrected chi connectivity index (χ0v) is 18.7. The van der Waals surface area contributed by atoms with E-state index in [1.807, 2.05) is 47.1 Å². The number of hydrogen-bond donors (Lipinski definition) is 0. The Morgan fingerprint density at radius 1 is 1.16 bits per heavy atom. The number of ether oxygens (including phenoxy) is 2. The zero-order chi connectivity index (χ0) is 21.6. The van der Waals surface area contributed by atoms with Gasteiger partial charge in [0.1, 0.15) is 12.4 Å². The van der Waals surface area contributed by atoms with Gasteiger partial charge in [0.25, 0.3) is 5.91 Å². The molecule has 4 rings (SSSR count). The van der Waals surface area contributed by atoms with Gasteiger partial charge in [-0.15, -0.1) is 0 Å². The summed E-state index contributed by atoms with van der Waals surface area (Å²) in [6.07, 6.45) is 9.24. The van der Waals surface area contributed by atoms with Gasteiger partial charge in [-0.3, -0.25) is 14.4 Å². The number of nitrogens with zero attached hydrogens (tertiary/aromatic N) is 4. The van der Waals surface area contributed by atoms with E-state index in [2.05, 4.69) is 16.2 Å². The van der Waals surface area contributed by atoms with Crippen molar-refractivity contribution in [1.82, 2.24) is 19.6 Å². The molecule has 1 aromatic carbocycles. The standard InChI is InChI=1S/C24H34N4O3/c1-26-17-19(16-25-26)18-27-11-4-3-9-22-23(30-2)10-6-12-28(22)24(29)20-7-5-8-21(15-20)31-14-13-27/h5,7-8,15-17,22-23H,3-4,6,9-14,18H2,1-2H3/t22-,23-/m0/s1. The monoisotopic (exact) mass is 426 g/mol. The molecule has 0 N–H and O–H groups in total. The smallest absolute Gasteiger partial charge is 0.254 e. The van der Waals surface area contributed by atoms with E-state index in [0.29, 0.717) is 12.2 Å². The van der Waals surface area contributed by atoms with Crippen LogP contribution in [0.1, 0.15) is 48.0 Å². The topological polar surface area (TPSA) is 59.8 Å². The van der Waals surface area contributed by atoms with Crippen LogP contribution in [0.15, 0.2) is 36.7 Å². The van der Waals surface area contributed by atoms with Crippen molar-refractivity contribution in [3.8, 4) is 5.75 Å². The van der Waals surface area contributed by atoms with Gasteiger partial charge in [-0.05, 0) is 50.4 Å². The van der Waals surface area contributed by atoms with Crippen molar-refractivity contribution in [2.45, 2.75) is 50.8 Å². The Morgan fingerprint density at radius 2 is 2.06 bits per heavy atom. The van der Waals surface area contributed by atoms with Gasteiger partial charge in [-0.1, -0.05) is 12.5 Å². The summed E-state index contributed by atoms with van der Waals surface area (Å²) < 4.78 is 13.7. The van der Waals surface area contributed by atoms with E-state index >= 15 is 0 Å². The Hall–Kier alpha value is -2.38. The number of piperidine rings is 1. The first-order valence-electron chi connectivity index (χ1n) is 11.4. The average Bonchev–Trinajstić information content (AvgIpc) is 3.20. The molecule has 0 radical (unpaired) electrons. The Labute approximate surface area is 184 Å². The normalized spacial score (nSPS) is 23.7. The molecule has 1 fully saturated rings. The summed E-state index contributed by atoms with van der Waals surface area (Å²) in [5, 5.41) is 4.30. The van der Waals surface area contributed by atoms with Gasteiger partial charge in [0, 0.05) is 51.1 Å². The van der Waals surface area contributed by atoms with Crippen molar-refractivity contribution >= 4 is 5.91 Å². The fourth-order valence-corrected chi connectivity index (χ4v) is 4.84. The van der Waals surface area contributed by atoms with Gasteiger partial charge in [-0.2, -0.15) is 5.10 Å². The predicted octanol–water partition coefficient (Wildman–Crippen LogP) is 3.10. The molecule has 2 aliphatic rings. The number of carbonyl (C=O) groups is 1. The highest BCUT2D eigenvalue weighted by molar-refractivity contribution is 5.95. The first-order chi connectivity index (χ1) is 15.1. The minimum absolute atomic E-state index is 0.0902. The first kappa shape index (κ1) is 21.8. The van der Waals surface area contributed by atoms with Crippen molar-refractivity contribution in [3.63, 3.8) is 0 Å². The number of rotatable bonds is 3. The third-order valence-electron chi connectivity index (χ3n) is 6.43. The number of benzene rings is 1. The quantitative estimate of drug-likeness (QED) is 0.755. The summed E-state index contributed by atoms with van der Waals surface area (Å²) in [5.74, 6) is 0.841. The summed E-state index contributed by atoms with van der Waals surface area (Å²) in [4.78, 5) is 17.8. The second-order valence-electron chi connectivity index (χ2n) is 8.65. The number of amides is 1. The zero-order valence-electron chi connectivity index (χ0n) is 18.7. The maximum absolute atomic E-state index is 13.3. The van der Waals surface area contributed by atoms with E-state index in [1.54, 1.807) is 7.11 Å². The molecule has 3 heterocycles. The molecule has 168 valence electrons. The summed E-state index contributed by atoms with van der Waals surface area (Å²) in [6, 6.07) is 7.75. The highest BCUT2D eigenvalue weighted by Crippen LogP contribution is 2.27. The highest BCUT2D eigenvalue weighted by Gasteiger charge is 2.34. The summed E-state index contributed by atoms with van der Waals surface area (Å²) in [5.41, 5.74) is 1.91. The molecule has 0 saturated carbocycles. The van der Waals surface area contributed by atoms with Gasteiger partial charge in [0.05, 0.1) is 18.3 Å². The van der Waals surface area contributed by atoms with E-state index in [4.69, 9.17) is 9.47 Å². The molecular formula is C24H34N4O3. The maximum Gasteiger partial charge on any atom is 0.254 e. The molecule has 0 unspecified atom stereocenters. The van der Waals surface area contributed by atoms with Crippen LogP contribution in [-0.2, 0) is 18.3 Å². The first-order valence-corrected chi connectivity index (χ1v) is 11.4. The van der Waals surface area contributed by atoms with Crippen LogP contribution in [0.2, 0.25) is 0 Å². The molecular weight excluding hydrogens is 392 g/mol. The molecule has 1 saturated heterocycles. The maximum atomic E-state index is 13.3. The van der Waals surface area contributed by atoms with Gasteiger partial charge >= 0.3 is 0 Å². The van der Waals surface area contributed by atoms with E-state index < -0.39 is 0 Å².